The minimum atomic E-state index is -0.444. The molecule has 90 valence electrons. The van der Waals surface area contributed by atoms with Crippen LogP contribution in [-0.4, -0.2) is 16.1 Å². The fourth-order valence-corrected chi connectivity index (χ4v) is 1.33. The van der Waals surface area contributed by atoms with E-state index in [-0.39, 0.29) is 5.69 Å². The summed E-state index contributed by atoms with van der Waals surface area (Å²) >= 11 is 0. The molecule has 1 aromatic carbocycles. The summed E-state index contributed by atoms with van der Waals surface area (Å²) in [6.07, 6.45) is 4.72. The van der Waals surface area contributed by atoms with Gasteiger partial charge >= 0.3 is 0 Å². The lowest BCUT2D eigenvalue weighted by atomic mass is 10.2. The Hall–Kier alpha value is -2.76. The van der Waals surface area contributed by atoms with Crippen LogP contribution in [0.1, 0.15) is 5.56 Å². The van der Waals surface area contributed by atoms with Gasteiger partial charge in [0.25, 0.3) is 5.69 Å². The number of non-ortho nitro benzene ring substituents is 1. The van der Waals surface area contributed by atoms with Gasteiger partial charge in [0, 0.05) is 24.5 Å². The van der Waals surface area contributed by atoms with Crippen molar-refractivity contribution in [1.82, 2.24) is 4.98 Å². The molecule has 1 aromatic heterocycles. The molecule has 0 unspecified atom stereocenters. The number of hydrogen-bond acceptors (Lipinski definition) is 5. The van der Waals surface area contributed by atoms with Gasteiger partial charge in [0.05, 0.1) is 16.8 Å². The molecular formula is C12H10N4O2. The lowest BCUT2D eigenvalue weighted by Gasteiger charge is -1.97. The van der Waals surface area contributed by atoms with Crippen molar-refractivity contribution in [2.45, 2.75) is 0 Å². The number of nitrogen functional groups attached to an aromatic ring is 1. The van der Waals surface area contributed by atoms with Gasteiger partial charge < -0.3 is 5.73 Å². The Morgan fingerprint density at radius 2 is 2.00 bits per heavy atom. The summed E-state index contributed by atoms with van der Waals surface area (Å²) in [7, 11) is 0. The van der Waals surface area contributed by atoms with Crippen LogP contribution in [0.5, 0.6) is 0 Å². The second-order valence-electron chi connectivity index (χ2n) is 3.54. The molecule has 0 atom stereocenters. The van der Waals surface area contributed by atoms with Crippen LogP contribution in [0.25, 0.3) is 0 Å². The van der Waals surface area contributed by atoms with Crippen LogP contribution in [0.15, 0.2) is 47.7 Å². The van der Waals surface area contributed by atoms with Crippen LogP contribution in [0.3, 0.4) is 0 Å². The fraction of sp³-hybridized carbons (Fsp3) is 0. The Bertz CT molecular complexity index is 593. The number of aliphatic imine (C=N–C) groups is 1. The summed E-state index contributed by atoms with van der Waals surface area (Å²) in [4.78, 5) is 18.1. The maximum absolute atomic E-state index is 10.5. The zero-order chi connectivity index (χ0) is 13.0. The summed E-state index contributed by atoms with van der Waals surface area (Å²) in [6.45, 7) is 0. The van der Waals surface area contributed by atoms with Gasteiger partial charge in [-0.2, -0.15) is 0 Å². The van der Waals surface area contributed by atoms with Crippen molar-refractivity contribution in [3.8, 4) is 0 Å². The average molecular weight is 242 g/mol. The second-order valence-corrected chi connectivity index (χ2v) is 3.54. The Morgan fingerprint density at radius 1 is 1.28 bits per heavy atom. The van der Waals surface area contributed by atoms with E-state index in [4.69, 9.17) is 5.73 Å². The van der Waals surface area contributed by atoms with Crippen LogP contribution in [0.2, 0.25) is 0 Å². The molecule has 18 heavy (non-hydrogen) atoms. The number of anilines is 1. The van der Waals surface area contributed by atoms with Gasteiger partial charge in [-0.15, -0.1) is 0 Å². The van der Waals surface area contributed by atoms with E-state index in [1.807, 2.05) is 0 Å². The molecule has 0 aliphatic heterocycles. The number of pyridine rings is 1. The number of aromatic nitrogens is 1. The first kappa shape index (κ1) is 11.7. The highest BCUT2D eigenvalue weighted by Crippen LogP contribution is 2.19. The van der Waals surface area contributed by atoms with E-state index in [0.717, 1.165) is 5.56 Å². The van der Waals surface area contributed by atoms with Crippen molar-refractivity contribution in [1.29, 1.82) is 0 Å². The van der Waals surface area contributed by atoms with Crippen molar-refractivity contribution < 1.29 is 4.92 Å². The van der Waals surface area contributed by atoms with Gasteiger partial charge in [-0.25, -0.2) is 0 Å². The van der Waals surface area contributed by atoms with Crippen molar-refractivity contribution in [3.05, 3.63) is 58.4 Å². The van der Waals surface area contributed by atoms with E-state index < -0.39 is 4.92 Å². The molecule has 0 aliphatic rings. The van der Waals surface area contributed by atoms with Gasteiger partial charge in [0.2, 0.25) is 0 Å². The molecule has 2 rings (SSSR count). The Labute approximate surface area is 103 Å². The van der Waals surface area contributed by atoms with Crippen LogP contribution < -0.4 is 5.73 Å². The lowest BCUT2D eigenvalue weighted by Crippen LogP contribution is -1.89. The minimum Gasteiger partial charge on any atom is -0.397 e. The number of nitrogens with zero attached hydrogens (tertiary/aromatic N) is 3. The first-order valence-electron chi connectivity index (χ1n) is 5.15. The third-order valence-corrected chi connectivity index (χ3v) is 2.29. The predicted molar refractivity (Wildman–Crippen MR) is 69.0 cm³/mol. The Balaban J connectivity index is 2.19. The molecule has 0 radical (unpaired) electrons. The number of nitro benzene ring substituents is 1. The van der Waals surface area contributed by atoms with Crippen LogP contribution in [0.4, 0.5) is 17.1 Å². The average Bonchev–Trinajstić information content (AvgIpc) is 2.38. The van der Waals surface area contributed by atoms with Crippen molar-refractivity contribution >= 4 is 23.3 Å². The van der Waals surface area contributed by atoms with E-state index in [0.29, 0.717) is 11.4 Å². The molecule has 0 spiro atoms. The highest BCUT2D eigenvalue weighted by Gasteiger charge is 2.02. The molecule has 1 heterocycles. The standard InChI is InChI=1S/C12H10N4O2/c13-11-5-6-14-8-12(11)15-7-9-1-3-10(4-2-9)16(17)18/h1-8H,(H2,13,14). The molecule has 6 nitrogen and oxygen atoms in total. The SMILES string of the molecule is Nc1ccncc1N=Cc1ccc([N+](=O)[O-])cc1. The van der Waals surface area contributed by atoms with Crippen molar-refractivity contribution in [2.24, 2.45) is 4.99 Å². The van der Waals surface area contributed by atoms with Crippen molar-refractivity contribution in [3.63, 3.8) is 0 Å². The van der Waals surface area contributed by atoms with E-state index in [2.05, 4.69) is 9.98 Å². The lowest BCUT2D eigenvalue weighted by molar-refractivity contribution is -0.384. The Kier molecular flexibility index (Phi) is 3.29. The Morgan fingerprint density at radius 3 is 2.61 bits per heavy atom. The molecule has 2 N–H and O–H groups in total. The molecule has 0 amide bonds. The summed E-state index contributed by atoms with van der Waals surface area (Å²) in [5.41, 5.74) is 7.60. The van der Waals surface area contributed by atoms with Crippen LogP contribution in [0, 0.1) is 10.1 Å². The maximum atomic E-state index is 10.5. The maximum Gasteiger partial charge on any atom is 0.269 e. The van der Waals surface area contributed by atoms with Gasteiger partial charge in [0.15, 0.2) is 0 Å². The molecule has 6 heteroatoms. The number of rotatable bonds is 3. The topological polar surface area (TPSA) is 94.4 Å². The second kappa shape index (κ2) is 5.05. The largest absolute Gasteiger partial charge is 0.397 e. The molecule has 2 aromatic rings. The molecule has 0 bridgehead atoms. The third-order valence-electron chi connectivity index (χ3n) is 2.29. The summed E-state index contributed by atoms with van der Waals surface area (Å²) in [6, 6.07) is 7.74. The normalized spacial score (nSPS) is 10.7. The molecule has 0 fully saturated rings. The van der Waals surface area contributed by atoms with Crippen LogP contribution in [-0.2, 0) is 0 Å². The summed E-state index contributed by atoms with van der Waals surface area (Å²) in [5.74, 6) is 0. The van der Waals surface area contributed by atoms with Crippen molar-refractivity contribution in [2.75, 3.05) is 5.73 Å². The van der Waals surface area contributed by atoms with E-state index in [1.165, 1.54) is 12.1 Å². The van der Waals surface area contributed by atoms with E-state index in [9.17, 15) is 10.1 Å². The smallest absolute Gasteiger partial charge is 0.269 e. The first-order valence-corrected chi connectivity index (χ1v) is 5.15. The molecule has 0 saturated carbocycles. The molecule has 0 aliphatic carbocycles. The third kappa shape index (κ3) is 2.67. The van der Waals surface area contributed by atoms with E-state index in [1.54, 1.807) is 36.8 Å². The number of nitro groups is 1. The van der Waals surface area contributed by atoms with Crippen LogP contribution >= 0.6 is 0 Å². The molecule has 0 saturated heterocycles. The minimum absolute atomic E-state index is 0.0491. The zero-order valence-corrected chi connectivity index (χ0v) is 9.35. The number of hydrogen-bond donors (Lipinski definition) is 1. The van der Waals surface area contributed by atoms with Gasteiger partial charge in [0.1, 0.15) is 5.69 Å². The number of benzene rings is 1. The highest BCUT2D eigenvalue weighted by molar-refractivity contribution is 5.83. The van der Waals surface area contributed by atoms with Gasteiger partial charge in [-0.1, -0.05) is 0 Å². The highest BCUT2D eigenvalue weighted by atomic mass is 16.6. The fourth-order valence-electron chi connectivity index (χ4n) is 1.33. The summed E-state index contributed by atoms with van der Waals surface area (Å²) in [5, 5.41) is 10.5. The predicted octanol–water partition coefficient (Wildman–Crippen LogP) is 2.32. The quantitative estimate of drug-likeness (QED) is 0.507. The number of nitrogens with two attached hydrogens (primary N) is 1. The van der Waals surface area contributed by atoms with Gasteiger partial charge in [-0.05, 0) is 23.8 Å². The zero-order valence-electron chi connectivity index (χ0n) is 9.35. The monoisotopic (exact) mass is 242 g/mol. The van der Waals surface area contributed by atoms with E-state index >= 15 is 0 Å². The van der Waals surface area contributed by atoms with Gasteiger partial charge in [-0.3, -0.25) is 20.1 Å². The molecular weight excluding hydrogens is 232 g/mol. The first-order chi connectivity index (χ1) is 8.66. The summed E-state index contributed by atoms with van der Waals surface area (Å²) < 4.78 is 0.